The molecule has 5 heteroatoms. The number of halogens is 1. The van der Waals surface area contributed by atoms with Crippen LogP contribution < -0.4 is 0 Å². The zero-order chi connectivity index (χ0) is 12.1. The van der Waals surface area contributed by atoms with Gasteiger partial charge in [-0.1, -0.05) is 17.7 Å². The van der Waals surface area contributed by atoms with Gasteiger partial charge in [0.25, 0.3) is 0 Å². The van der Waals surface area contributed by atoms with Gasteiger partial charge < -0.3 is 5.11 Å². The highest BCUT2D eigenvalue weighted by molar-refractivity contribution is 7.98. The summed E-state index contributed by atoms with van der Waals surface area (Å²) in [6.07, 6.45) is 3.28. The molecule has 0 spiro atoms. The summed E-state index contributed by atoms with van der Waals surface area (Å²) in [5.41, 5.74) is 0.724. The van der Waals surface area contributed by atoms with Gasteiger partial charge in [-0.3, -0.25) is 0 Å². The van der Waals surface area contributed by atoms with Crippen LogP contribution in [0.5, 0.6) is 0 Å². The fourth-order valence-corrected chi connectivity index (χ4v) is 2.33. The molecule has 2 aromatic rings. The third kappa shape index (κ3) is 3.70. The lowest BCUT2D eigenvalue weighted by molar-refractivity contribution is 0.281. The highest BCUT2D eigenvalue weighted by Crippen LogP contribution is 2.23. The summed E-state index contributed by atoms with van der Waals surface area (Å²) >= 11 is 7.52. The zero-order valence-electron chi connectivity index (χ0n) is 9.01. The van der Waals surface area contributed by atoms with E-state index in [4.69, 9.17) is 16.7 Å². The number of nitrogens with zero attached hydrogens (tertiary/aromatic N) is 2. The second kappa shape index (κ2) is 6.00. The van der Waals surface area contributed by atoms with Gasteiger partial charge in [0.05, 0.1) is 12.4 Å². The molecule has 0 unspecified atom stereocenters. The topological polar surface area (TPSA) is 46.0 Å². The number of aromatic nitrogens is 2. The minimum atomic E-state index is -0.0261. The van der Waals surface area contributed by atoms with E-state index in [0.717, 1.165) is 21.3 Å². The average Bonchev–Trinajstić information content (AvgIpc) is 2.37. The van der Waals surface area contributed by atoms with Gasteiger partial charge in [-0.15, -0.1) is 11.8 Å². The summed E-state index contributed by atoms with van der Waals surface area (Å²) in [5, 5.41) is 9.60. The molecule has 0 atom stereocenters. The molecule has 1 N–H and O–H groups in total. The fraction of sp³-hybridized carbons (Fsp3) is 0.167. The van der Waals surface area contributed by atoms with Crippen LogP contribution in [0.25, 0.3) is 0 Å². The summed E-state index contributed by atoms with van der Waals surface area (Å²) < 4.78 is 0. The number of hydrogen-bond acceptors (Lipinski definition) is 4. The molecule has 0 aliphatic heterocycles. The molecular formula is C12H11ClN2OS. The minimum absolute atomic E-state index is 0.0261. The Morgan fingerprint density at radius 1 is 1.24 bits per heavy atom. The van der Waals surface area contributed by atoms with E-state index in [9.17, 15) is 0 Å². The molecule has 0 bridgehead atoms. The van der Waals surface area contributed by atoms with Crippen molar-refractivity contribution >= 4 is 23.4 Å². The fourth-order valence-electron chi connectivity index (χ4n) is 1.24. The molecule has 0 aliphatic rings. The van der Waals surface area contributed by atoms with Crippen molar-refractivity contribution in [3.8, 4) is 0 Å². The molecule has 0 fully saturated rings. The number of aliphatic hydroxyl groups is 1. The number of hydrogen-bond donors (Lipinski definition) is 1. The Balaban J connectivity index is 1.97. The lowest BCUT2D eigenvalue weighted by Gasteiger charge is -2.02. The molecule has 2 rings (SSSR count). The smallest absolute Gasteiger partial charge is 0.138 e. The van der Waals surface area contributed by atoms with E-state index >= 15 is 0 Å². The zero-order valence-corrected chi connectivity index (χ0v) is 10.6. The molecule has 0 radical (unpaired) electrons. The standard InChI is InChI=1S/C12H11ClN2OS/c13-10-2-1-3-11(4-10)17-8-12-14-5-9(7-16)6-15-12/h1-6,16H,7-8H2. The van der Waals surface area contributed by atoms with Crippen molar-refractivity contribution in [2.24, 2.45) is 0 Å². The van der Waals surface area contributed by atoms with Crippen LogP contribution in [0.4, 0.5) is 0 Å². The molecule has 17 heavy (non-hydrogen) atoms. The Morgan fingerprint density at radius 2 is 2.00 bits per heavy atom. The molecule has 0 saturated heterocycles. The van der Waals surface area contributed by atoms with E-state index in [1.165, 1.54) is 0 Å². The quantitative estimate of drug-likeness (QED) is 0.865. The third-order valence-corrected chi connectivity index (χ3v) is 3.33. The second-order valence-electron chi connectivity index (χ2n) is 3.41. The maximum atomic E-state index is 8.87. The van der Waals surface area contributed by atoms with Crippen LogP contribution in [0.2, 0.25) is 5.02 Å². The first-order valence-corrected chi connectivity index (χ1v) is 6.43. The van der Waals surface area contributed by atoms with E-state index in [-0.39, 0.29) is 6.61 Å². The van der Waals surface area contributed by atoms with E-state index < -0.39 is 0 Å². The molecule has 88 valence electrons. The highest BCUT2D eigenvalue weighted by Gasteiger charge is 2.00. The van der Waals surface area contributed by atoms with Crippen LogP contribution in [0.3, 0.4) is 0 Å². The molecule has 0 aliphatic carbocycles. The van der Waals surface area contributed by atoms with E-state index in [2.05, 4.69) is 9.97 Å². The molecule has 0 saturated carbocycles. The molecule has 1 aromatic heterocycles. The van der Waals surface area contributed by atoms with Crippen LogP contribution >= 0.6 is 23.4 Å². The second-order valence-corrected chi connectivity index (χ2v) is 4.90. The lowest BCUT2D eigenvalue weighted by atomic mass is 10.4. The highest BCUT2D eigenvalue weighted by atomic mass is 35.5. The number of benzene rings is 1. The molecule has 1 aromatic carbocycles. The first-order chi connectivity index (χ1) is 8.28. The Labute approximate surface area is 109 Å². The SMILES string of the molecule is OCc1cnc(CSc2cccc(Cl)c2)nc1. The van der Waals surface area contributed by atoms with Gasteiger partial charge in [0, 0.05) is 27.9 Å². The minimum Gasteiger partial charge on any atom is -0.392 e. The van der Waals surface area contributed by atoms with Gasteiger partial charge >= 0.3 is 0 Å². The van der Waals surface area contributed by atoms with Crippen LogP contribution in [0, 0.1) is 0 Å². The first-order valence-electron chi connectivity index (χ1n) is 5.07. The van der Waals surface area contributed by atoms with E-state index in [1.54, 1.807) is 24.2 Å². The molecule has 0 amide bonds. The Hall–Kier alpha value is -1.10. The average molecular weight is 267 g/mol. The van der Waals surface area contributed by atoms with E-state index in [0.29, 0.717) is 5.75 Å². The van der Waals surface area contributed by atoms with Crippen molar-refractivity contribution in [2.75, 3.05) is 0 Å². The Morgan fingerprint density at radius 3 is 2.65 bits per heavy atom. The lowest BCUT2D eigenvalue weighted by Crippen LogP contribution is -1.94. The van der Waals surface area contributed by atoms with Gasteiger partial charge in [-0.2, -0.15) is 0 Å². The Kier molecular flexibility index (Phi) is 4.36. The van der Waals surface area contributed by atoms with Gasteiger partial charge in [0.15, 0.2) is 0 Å². The van der Waals surface area contributed by atoms with Crippen molar-refractivity contribution < 1.29 is 5.11 Å². The van der Waals surface area contributed by atoms with Gasteiger partial charge in [0.2, 0.25) is 0 Å². The predicted molar refractivity (Wildman–Crippen MR) is 69.0 cm³/mol. The largest absolute Gasteiger partial charge is 0.392 e. The van der Waals surface area contributed by atoms with E-state index in [1.807, 2.05) is 24.3 Å². The number of thioether (sulfide) groups is 1. The molecule has 3 nitrogen and oxygen atoms in total. The molecular weight excluding hydrogens is 256 g/mol. The summed E-state index contributed by atoms with van der Waals surface area (Å²) in [7, 11) is 0. The number of rotatable bonds is 4. The van der Waals surface area contributed by atoms with Crippen molar-refractivity contribution in [2.45, 2.75) is 17.3 Å². The van der Waals surface area contributed by atoms with Crippen molar-refractivity contribution in [3.63, 3.8) is 0 Å². The van der Waals surface area contributed by atoms with Gasteiger partial charge in [-0.05, 0) is 18.2 Å². The maximum Gasteiger partial charge on any atom is 0.138 e. The van der Waals surface area contributed by atoms with Gasteiger partial charge in [0.1, 0.15) is 5.82 Å². The summed E-state index contributed by atoms with van der Waals surface area (Å²) in [4.78, 5) is 9.41. The molecule has 1 heterocycles. The normalized spacial score (nSPS) is 10.5. The monoisotopic (exact) mass is 266 g/mol. The Bertz CT molecular complexity index is 490. The number of aliphatic hydroxyl groups excluding tert-OH is 1. The summed E-state index contributed by atoms with van der Waals surface area (Å²) in [6.45, 7) is -0.0261. The predicted octanol–water partition coefficient (Wildman–Crippen LogP) is 2.91. The van der Waals surface area contributed by atoms with Gasteiger partial charge in [-0.25, -0.2) is 9.97 Å². The summed E-state index contributed by atoms with van der Waals surface area (Å²) in [6, 6.07) is 7.67. The van der Waals surface area contributed by atoms with Crippen LogP contribution in [-0.2, 0) is 12.4 Å². The summed E-state index contributed by atoms with van der Waals surface area (Å²) in [5.74, 6) is 1.43. The third-order valence-electron chi connectivity index (χ3n) is 2.11. The van der Waals surface area contributed by atoms with Crippen molar-refractivity contribution in [3.05, 3.63) is 53.1 Å². The maximum absolute atomic E-state index is 8.87. The van der Waals surface area contributed by atoms with Crippen LogP contribution in [-0.4, -0.2) is 15.1 Å². The first kappa shape index (κ1) is 12.4. The van der Waals surface area contributed by atoms with Crippen LogP contribution in [0.15, 0.2) is 41.6 Å². The van der Waals surface area contributed by atoms with Crippen molar-refractivity contribution in [1.29, 1.82) is 0 Å². The van der Waals surface area contributed by atoms with Crippen LogP contribution in [0.1, 0.15) is 11.4 Å². The van der Waals surface area contributed by atoms with Crippen molar-refractivity contribution in [1.82, 2.24) is 9.97 Å².